The fraction of sp³-hybridized carbons (Fsp3) is 0.938. The van der Waals surface area contributed by atoms with Gasteiger partial charge in [0.2, 0.25) is 0 Å². The van der Waals surface area contributed by atoms with Crippen molar-refractivity contribution in [3.05, 3.63) is 0 Å². The third kappa shape index (κ3) is 3.69. The zero-order chi connectivity index (χ0) is 14.9. The molecule has 2 bridgehead atoms. The van der Waals surface area contributed by atoms with Gasteiger partial charge in [-0.3, -0.25) is 4.90 Å². The molecule has 0 aromatic carbocycles. The molecule has 1 aliphatic heterocycles. The van der Waals surface area contributed by atoms with Gasteiger partial charge in [-0.05, 0) is 57.2 Å². The van der Waals surface area contributed by atoms with Gasteiger partial charge in [-0.25, -0.2) is 0 Å². The second-order valence-electron chi connectivity index (χ2n) is 7.52. The van der Waals surface area contributed by atoms with Crippen molar-refractivity contribution in [2.24, 2.45) is 11.8 Å². The Labute approximate surface area is 134 Å². The highest BCUT2D eigenvalue weighted by molar-refractivity contribution is 7.80. The standard InChI is InChI=1S/C16H29N3OS/c1-16(2,19-5-7-20-8-6-19)11-17-15(21)18-14-10-12-3-4-13(14)9-12/h12-14H,3-11H2,1-2H3,(H2,17,18,21). The summed E-state index contributed by atoms with van der Waals surface area (Å²) in [6.45, 7) is 9.17. The molecule has 120 valence electrons. The van der Waals surface area contributed by atoms with Crippen LogP contribution in [-0.2, 0) is 4.74 Å². The lowest BCUT2D eigenvalue weighted by Gasteiger charge is -2.41. The Bertz CT molecular complexity index is 382. The summed E-state index contributed by atoms with van der Waals surface area (Å²) in [5.74, 6) is 1.82. The largest absolute Gasteiger partial charge is 0.379 e. The molecule has 2 saturated carbocycles. The first kappa shape index (κ1) is 15.5. The minimum atomic E-state index is 0.115. The predicted octanol–water partition coefficient (Wildman–Crippen LogP) is 1.75. The number of hydrogen-bond acceptors (Lipinski definition) is 3. The maximum absolute atomic E-state index is 5.51. The van der Waals surface area contributed by atoms with Gasteiger partial charge in [0.25, 0.3) is 0 Å². The first-order valence-corrected chi connectivity index (χ1v) is 8.82. The molecule has 21 heavy (non-hydrogen) atoms. The third-order valence-corrected chi connectivity index (χ3v) is 5.87. The van der Waals surface area contributed by atoms with Crippen molar-refractivity contribution in [2.75, 3.05) is 32.8 Å². The Morgan fingerprint density at radius 3 is 2.62 bits per heavy atom. The maximum Gasteiger partial charge on any atom is 0.166 e. The number of rotatable bonds is 4. The van der Waals surface area contributed by atoms with Crippen molar-refractivity contribution >= 4 is 17.3 Å². The van der Waals surface area contributed by atoms with E-state index in [2.05, 4.69) is 29.4 Å². The zero-order valence-corrected chi connectivity index (χ0v) is 14.2. The molecule has 0 spiro atoms. The molecule has 3 rings (SSSR count). The number of thiocarbonyl (C=S) groups is 1. The number of ether oxygens (including phenoxy) is 1. The van der Waals surface area contributed by atoms with E-state index < -0.39 is 0 Å². The molecule has 0 aromatic rings. The summed E-state index contributed by atoms with van der Waals surface area (Å²) in [5.41, 5.74) is 0.115. The number of morpholine rings is 1. The van der Waals surface area contributed by atoms with Gasteiger partial charge >= 0.3 is 0 Å². The monoisotopic (exact) mass is 311 g/mol. The van der Waals surface area contributed by atoms with Gasteiger partial charge in [0.15, 0.2) is 5.11 Å². The van der Waals surface area contributed by atoms with Gasteiger partial charge in [0.05, 0.1) is 13.2 Å². The van der Waals surface area contributed by atoms with E-state index in [0.717, 1.165) is 49.8 Å². The molecule has 0 aromatic heterocycles. The van der Waals surface area contributed by atoms with Crippen LogP contribution in [0.1, 0.15) is 39.5 Å². The number of hydrogen-bond donors (Lipinski definition) is 2. The number of nitrogens with zero attached hydrogens (tertiary/aromatic N) is 1. The normalized spacial score (nSPS) is 33.1. The molecule has 3 atom stereocenters. The van der Waals surface area contributed by atoms with Crippen LogP contribution in [0.25, 0.3) is 0 Å². The Morgan fingerprint density at radius 1 is 1.24 bits per heavy atom. The Kier molecular flexibility index (Phi) is 4.71. The van der Waals surface area contributed by atoms with Gasteiger partial charge in [-0.2, -0.15) is 0 Å². The van der Waals surface area contributed by atoms with Crippen LogP contribution in [0, 0.1) is 11.8 Å². The van der Waals surface area contributed by atoms with E-state index in [4.69, 9.17) is 17.0 Å². The molecule has 3 aliphatic rings. The van der Waals surface area contributed by atoms with Crippen molar-refractivity contribution in [1.82, 2.24) is 15.5 Å². The Morgan fingerprint density at radius 2 is 2.00 bits per heavy atom. The van der Waals surface area contributed by atoms with Crippen LogP contribution >= 0.6 is 12.2 Å². The maximum atomic E-state index is 5.51. The van der Waals surface area contributed by atoms with E-state index in [9.17, 15) is 0 Å². The molecule has 2 N–H and O–H groups in total. The van der Waals surface area contributed by atoms with Gasteiger partial charge in [0, 0.05) is 31.2 Å². The molecule has 0 radical (unpaired) electrons. The highest BCUT2D eigenvalue weighted by atomic mass is 32.1. The molecule has 1 saturated heterocycles. The van der Waals surface area contributed by atoms with Gasteiger partial charge < -0.3 is 15.4 Å². The van der Waals surface area contributed by atoms with Gasteiger partial charge in [-0.15, -0.1) is 0 Å². The third-order valence-electron chi connectivity index (χ3n) is 5.60. The lowest BCUT2D eigenvalue weighted by atomic mass is 9.95. The van der Waals surface area contributed by atoms with E-state index >= 15 is 0 Å². The van der Waals surface area contributed by atoms with Crippen LogP contribution in [0.4, 0.5) is 0 Å². The fourth-order valence-electron chi connectivity index (χ4n) is 4.22. The average molecular weight is 311 g/mol. The van der Waals surface area contributed by atoms with Crippen LogP contribution in [0.15, 0.2) is 0 Å². The number of fused-ring (bicyclic) bond motifs is 2. The minimum absolute atomic E-state index is 0.115. The zero-order valence-electron chi connectivity index (χ0n) is 13.4. The van der Waals surface area contributed by atoms with Crippen molar-refractivity contribution in [1.29, 1.82) is 0 Å². The van der Waals surface area contributed by atoms with E-state index in [0.29, 0.717) is 6.04 Å². The van der Waals surface area contributed by atoms with Crippen molar-refractivity contribution < 1.29 is 4.74 Å². The summed E-state index contributed by atoms with van der Waals surface area (Å²) < 4.78 is 5.44. The van der Waals surface area contributed by atoms with Crippen molar-refractivity contribution in [2.45, 2.75) is 51.1 Å². The molecule has 0 amide bonds. The SMILES string of the molecule is CC(C)(CNC(=S)NC1CC2CCC1C2)N1CCOCC1. The first-order chi connectivity index (χ1) is 10.0. The predicted molar refractivity (Wildman–Crippen MR) is 89.4 cm³/mol. The van der Waals surface area contributed by atoms with Crippen molar-refractivity contribution in [3.63, 3.8) is 0 Å². The summed E-state index contributed by atoms with van der Waals surface area (Å²) in [6.07, 6.45) is 5.57. The summed E-state index contributed by atoms with van der Waals surface area (Å²) in [7, 11) is 0. The van der Waals surface area contributed by atoms with Crippen LogP contribution < -0.4 is 10.6 Å². The average Bonchev–Trinajstić information content (AvgIpc) is 3.09. The topological polar surface area (TPSA) is 36.5 Å². The van der Waals surface area contributed by atoms with E-state index in [1.54, 1.807) is 0 Å². The number of nitrogens with one attached hydrogen (secondary N) is 2. The summed E-state index contributed by atoms with van der Waals surface area (Å²) in [5, 5.41) is 7.85. The quantitative estimate of drug-likeness (QED) is 0.774. The Balaban J connectivity index is 1.42. The Hall–Kier alpha value is -0.390. The molecule has 4 nitrogen and oxygen atoms in total. The fourth-order valence-corrected chi connectivity index (χ4v) is 4.44. The minimum Gasteiger partial charge on any atom is -0.379 e. The molecule has 5 heteroatoms. The molecule has 2 aliphatic carbocycles. The molecular formula is C16H29N3OS. The lowest BCUT2D eigenvalue weighted by Crippen LogP contribution is -2.57. The van der Waals surface area contributed by atoms with Crippen LogP contribution in [0.5, 0.6) is 0 Å². The smallest absolute Gasteiger partial charge is 0.166 e. The lowest BCUT2D eigenvalue weighted by molar-refractivity contribution is -0.00830. The van der Waals surface area contributed by atoms with E-state index in [1.165, 1.54) is 25.7 Å². The van der Waals surface area contributed by atoms with E-state index in [-0.39, 0.29) is 5.54 Å². The summed E-state index contributed by atoms with van der Waals surface area (Å²) in [6, 6.07) is 0.621. The van der Waals surface area contributed by atoms with Crippen molar-refractivity contribution in [3.8, 4) is 0 Å². The van der Waals surface area contributed by atoms with Gasteiger partial charge in [0.1, 0.15) is 0 Å². The second kappa shape index (κ2) is 6.39. The van der Waals surface area contributed by atoms with Gasteiger partial charge in [-0.1, -0.05) is 6.42 Å². The van der Waals surface area contributed by atoms with Crippen LogP contribution in [0.3, 0.4) is 0 Å². The summed E-state index contributed by atoms with van der Waals surface area (Å²) in [4.78, 5) is 2.49. The summed E-state index contributed by atoms with van der Waals surface area (Å²) >= 11 is 5.51. The van der Waals surface area contributed by atoms with E-state index in [1.807, 2.05) is 0 Å². The highest BCUT2D eigenvalue weighted by Gasteiger charge is 2.39. The molecule has 3 fully saturated rings. The first-order valence-electron chi connectivity index (χ1n) is 8.42. The highest BCUT2D eigenvalue weighted by Crippen LogP contribution is 2.44. The van der Waals surface area contributed by atoms with Crippen LogP contribution in [-0.4, -0.2) is 54.4 Å². The molecule has 3 unspecified atom stereocenters. The molecule has 1 heterocycles. The van der Waals surface area contributed by atoms with Crippen LogP contribution in [0.2, 0.25) is 0 Å². The molecular weight excluding hydrogens is 282 g/mol. The second-order valence-corrected chi connectivity index (χ2v) is 7.93.